The standard InChI is InChI=1S/C14H20N6O2/c1-6-7-19-13-15-11-10(20(13)9(3)8(2)16-19)12(21)18(5)14(22)17(11)4/h9H,6-7H2,1-5H3/t9-/m1/s1. The summed E-state index contributed by atoms with van der Waals surface area (Å²) in [5.41, 5.74) is 1.06. The Hall–Kier alpha value is -2.38. The van der Waals surface area contributed by atoms with Crippen LogP contribution in [0.4, 0.5) is 5.95 Å². The molecule has 1 aliphatic rings. The second kappa shape index (κ2) is 4.82. The van der Waals surface area contributed by atoms with Gasteiger partial charge in [0.15, 0.2) is 11.2 Å². The summed E-state index contributed by atoms with van der Waals surface area (Å²) in [5.74, 6) is 0.619. The summed E-state index contributed by atoms with van der Waals surface area (Å²) in [6.45, 7) is 6.69. The van der Waals surface area contributed by atoms with Gasteiger partial charge in [0.25, 0.3) is 5.56 Å². The van der Waals surface area contributed by atoms with E-state index in [1.807, 2.05) is 18.4 Å². The van der Waals surface area contributed by atoms with Crippen LogP contribution < -0.4 is 16.3 Å². The molecule has 0 radical (unpaired) electrons. The van der Waals surface area contributed by atoms with Crippen molar-refractivity contribution in [2.75, 3.05) is 11.6 Å². The quantitative estimate of drug-likeness (QED) is 0.814. The van der Waals surface area contributed by atoms with E-state index in [1.165, 1.54) is 11.6 Å². The van der Waals surface area contributed by atoms with Crippen LogP contribution in [0, 0.1) is 0 Å². The third-order valence-electron chi connectivity index (χ3n) is 4.21. The van der Waals surface area contributed by atoms with Crippen molar-refractivity contribution < 1.29 is 0 Å². The lowest BCUT2D eigenvalue weighted by molar-refractivity contribution is 0.630. The molecule has 0 amide bonds. The smallest absolute Gasteiger partial charge is 0.294 e. The third-order valence-corrected chi connectivity index (χ3v) is 4.21. The molecule has 2 aromatic rings. The largest absolute Gasteiger partial charge is 0.332 e. The molecular formula is C14H20N6O2. The van der Waals surface area contributed by atoms with Gasteiger partial charge in [0.05, 0.1) is 11.8 Å². The van der Waals surface area contributed by atoms with Gasteiger partial charge in [-0.05, 0) is 20.3 Å². The van der Waals surface area contributed by atoms with Gasteiger partial charge in [-0.15, -0.1) is 0 Å². The van der Waals surface area contributed by atoms with Gasteiger partial charge in [-0.3, -0.25) is 18.5 Å². The van der Waals surface area contributed by atoms with Crippen molar-refractivity contribution in [1.82, 2.24) is 18.7 Å². The molecule has 8 nitrogen and oxygen atoms in total. The van der Waals surface area contributed by atoms with Crippen LogP contribution in [0.5, 0.6) is 0 Å². The molecule has 2 aromatic heterocycles. The van der Waals surface area contributed by atoms with Crippen molar-refractivity contribution in [2.24, 2.45) is 19.2 Å². The number of aryl methyl sites for hydroxylation is 1. The summed E-state index contributed by atoms with van der Waals surface area (Å²) in [6, 6.07) is -0.0710. The van der Waals surface area contributed by atoms with Crippen LogP contribution in [0.2, 0.25) is 0 Å². The fraction of sp³-hybridized carbons (Fsp3) is 0.571. The number of fused-ring (bicyclic) bond motifs is 3. The number of nitrogens with zero attached hydrogens (tertiary/aromatic N) is 6. The molecule has 1 aliphatic heterocycles. The van der Waals surface area contributed by atoms with E-state index in [4.69, 9.17) is 0 Å². The number of aromatic nitrogens is 4. The average molecular weight is 304 g/mol. The van der Waals surface area contributed by atoms with E-state index in [-0.39, 0.29) is 17.3 Å². The monoisotopic (exact) mass is 304 g/mol. The van der Waals surface area contributed by atoms with Crippen LogP contribution in [0.15, 0.2) is 14.7 Å². The predicted octanol–water partition coefficient (Wildman–Crippen LogP) is 0.601. The van der Waals surface area contributed by atoms with Gasteiger partial charge in [0, 0.05) is 20.6 Å². The van der Waals surface area contributed by atoms with E-state index < -0.39 is 0 Å². The molecule has 0 spiro atoms. The highest BCUT2D eigenvalue weighted by Crippen LogP contribution is 2.29. The highest BCUT2D eigenvalue weighted by atomic mass is 16.2. The summed E-state index contributed by atoms with van der Waals surface area (Å²) in [7, 11) is 3.12. The van der Waals surface area contributed by atoms with Crippen molar-refractivity contribution in [2.45, 2.75) is 33.2 Å². The molecule has 118 valence electrons. The fourth-order valence-electron chi connectivity index (χ4n) is 2.82. The summed E-state index contributed by atoms with van der Waals surface area (Å²) < 4.78 is 4.42. The van der Waals surface area contributed by atoms with Crippen molar-refractivity contribution in [3.63, 3.8) is 0 Å². The maximum absolute atomic E-state index is 12.6. The minimum atomic E-state index is -0.375. The molecule has 0 aliphatic carbocycles. The molecule has 0 N–H and O–H groups in total. The Morgan fingerprint density at radius 2 is 1.86 bits per heavy atom. The zero-order valence-electron chi connectivity index (χ0n) is 13.5. The average Bonchev–Trinajstić information content (AvgIpc) is 2.89. The SMILES string of the molecule is CCCN1N=C(C)[C@@H](C)n2c1nc1c2c(=O)n(C)c(=O)n1C. The molecule has 22 heavy (non-hydrogen) atoms. The van der Waals surface area contributed by atoms with Crippen LogP contribution in [0.3, 0.4) is 0 Å². The van der Waals surface area contributed by atoms with Crippen LogP contribution >= 0.6 is 0 Å². The van der Waals surface area contributed by atoms with Gasteiger partial charge in [-0.2, -0.15) is 10.1 Å². The van der Waals surface area contributed by atoms with E-state index in [0.717, 1.165) is 16.7 Å². The molecule has 3 heterocycles. The van der Waals surface area contributed by atoms with Crippen molar-refractivity contribution in [3.8, 4) is 0 Å². The van der Waals surface area contributed by atoms with Crippen molar-refractivity contribution in [3.05, 3.63) is 20.8 Å². The van der Waals surface area contributed by atoms with Crippen molar-refractivity contribution in [1.29, 1.82) is 0 Å². The third kappa shape index (κ3) is 1.76. The molecule has 1 atom stereocenters. The van der Waals surface area contributed by atoms with E-state index in [9.17, 15) is 9.59 Å². The molecule has 0 saturated carbocycles. The van der Waals surface area contributed by atoms with Crippen LogP contribution in [-0.2, 0) is 14.1 Å². The number of anilines is 1. The minimum absolute atomic E-state index is 0.0710. The highest BCUT2D eigenvalue weighted by molar-refractivity contribution is 5.90. The lowest BCUT2D eigenvalue weighted by Gasteiger charge is -2.28. The molecule has 0 fully saturated rings. The second-order valence-electron chi connectivity index (χ2n) is 5.70. The van der Waals surface area contributed by atoms with Crippen LogP contribution in [-0.4, -0.2) is 30.9 Å². The fourth-order valence-corrected chi connectivity index (χ4v) is 2.82. The predicted molar refractivity (Wildman–Crippen MR) is 85.7 cm³/mol. The number of hydrogen-bond donors (Lipinski definition) is 0. The van der Waals surface area contributed by atoms with E-state index >= 15 is 0 Å². The Balaban J connectivity index is 2.45. The number of imidazole rings is 1. The first-order valence-electron chi connectivity index (χ1n) is 7.39. The number of hydrazone groups is 1. The normalized spacial score (nSPS) is 17.8. The van der Waals surface area contributed by atoms with Gasteiger partial charge >= 0.3 is 5.69 Å². The zero-order valence-corrected chi connectivity index (χ0v) is 13.5. The Labute approximate surface area is 127 Å². The summed E-state index contributed by atoms with van der Waals surface area (Å²) >= 11 is 0. The van der Waals surface area contributed by atoms with E-state index in [2.05, 4.69) is 17.0 Å². The van der Waals surface area contributed by atoms with Crippen LogP contribution in [0.25, 0.3) is 11.2 Å². The number of hydrogen-bond acceptors (Lipinski definition) is 5. The molecule has 0 aromatic carbocycles. The first-order valence-corrected chi connectivity index (χ1v) is 7.39. The van der Waals surface area contributed by atoms with E-state index in [0.29, 0.717) is 23.7 Å². The van der Waals surface area contributed by atoms with Gasteiger partial charge in [0.1, 0.15) is 0 Å². The second-order valence-corrected chi connectivity index (χ2v) is 5.70. The Bertz CT molecular complexity index is 901. The molecule has 0 bridgehead atoms. The molecule has 8 heteroatoms. The van der Waals surface area contributed by atoms with E-state index in [1.54, 1.807) is 12.1 Å². The van der Waals surface area contributed by atoms with Gasteiger partial charge in [-0.1, -0.05) is 6.92 Å². The lowest BCUT2D eigenvalue weighted by atomic mass is 10.2. The molecule has 0 saturated heterocycles. The Kier molecular flexibility index (Phi) is 3.19. The van der Waals surface area contributed by atoms with Crippen molar-refractivity contribution >= 4 is 22.8 Å². The zero-order chi connectivity index (χ0) is 16.2. The molecule has 3 rings (SSSR count). The first kappa shape index (κ1) is 14.6. The summed E-state index contributed by atoms with van der Waals surface area (Å²) in [4.78, 5) is 29.2. The molecular weight excluding hydrogens is 284 g/mol. The van der Waals surface area contributed by atoms with Crippen LogP contribution in [0.1, 0.15) is 33.2 Å². The first-order chi connectivity index (χ1) is 10.4. The molecule has 0 unspecified atom stereocenters. The Morgan fingerprint density at radius 1 is 1.18 bits per heavy atom. The highest BCUT2D eigenvalue weighted by Gasteiger charge is 2.29. The van der Waals surface area contributed by atoms with Gasteiger partial charge < -0.3 is 0 Å². The maximum Gasteiger partial charge on any atom is 0.332 e. The Morgan fingerprint density at radius 3 is 2.50 bits per heavy atom. The summed E-state index contributed by atoms with van der Waals surface area (Å²) in [6.07, 6.45) is 0.908. The number of rotatable bonds is 2. The lowest BCUT2D eigenvalue weighted by Crippen LogP contribution is -2.38. The minimum Gasteiger partial charge on any atom is -0.294 e. The van der Waals surface area contributed by atoms with Gasteiger partial charge in [-0.25, -0.2) is 9.80 Å². The maximum atomic E-state index is 12.6. The topological polar surface area (TPSA) is 77.4 Å². The summed E-state index contributed by atoms with van der Waals surface area (Å²) in [5, 5.41) is 6.37. The van der Waals surface area contributed by atoms with Gasteiger partial charge in [0.2, 0.25) is 5.95 Å².